The zero-order chi connectivity index (χ0) is 13.7. The minimum Gasteiger partial charge on any atom is -0.361 e. The van der Waals surface area contributed by atoms with Gasteiger partial charge in [-0.1, -0.05) is 25.4 Å². The molecule has 2 rings (SSSR count). The highest BCUT2D eigenvalue weighted by molar-refractivity contribution is 5.03. The highest BCUT2D eigenvalue weighted by Gasteiger charge is 2.23. The average molecular weight is 265 g/mol. The summed E-state index contributed by atoms with van der Waals surface area (Å²) in [5.41, 5.74) is 1.06. The van der Waals surface area contributed by atoms with Gasteiger partial charge in [0.25, 0.3) is 0 Å². The highest BCUT2D eigenvalue weighted by atomic mass is 16.5. The van der Waals surface area contributed by atoms with E-state index in [4.69, 9.17) is 4.52 Å². The van der Waals surface area contributed by atoms with E-state index in [-0.39, 0.29) is 0 Å². The second kappa shape index (κ2) is 7.06. The molecule has 1 unspecified atom stereocenters. The quantitative estimate of drug-likeness (QED) is 0.858. The van der Waals surface area contributed by atoms with Crippen molar-refractivity contribution in [3.8, 4) is 0 Å². The van der Waals surface area contributed by atoms with Gasteiger partial charge in [0.2, 0.25) is 0 Å². The molecule has 4 nitrogen and oxygen atoms in total. The number of hydrogen-bond donors (Lipinski definition) is 1. The summed E-state index contributed by atoms with van der Waals surface area (Å²) in [4.78, 5) is 2.55. The number of hydrogen-bond acceptors (Lipinski definition) is 4. The van der Waals surface area contributed by atoms with Gasteiger partial charge in [0.1, 0.15) is 5.76 Å². The van der Waals surface area contributed by atoms with Crippen LogP contribution < -0.4 is 5.32 Å². The molecule has 1 N–H and O–H groups in total. The molecule has 4 heteroatoms. The van der Waals surface area contributed by atoms with E-state index < -0.39 is 0 Å². The summed E-state index contributed by atoms with van der Waals surface area (Å²) < 4.78 is 5.16. The Kier molecular flexibility index (Phi) is 5.40. The first-order valence-corrected chi connectivity index (χ1v) is 7.52. The number of piperidine rings is 1. The first kappa shape index (κ1) is 14.5. The van der Waals surface area contributed by atoms with Crippen LogP contribution in [0.1, 0.15) is 44.6 Å². The van der Waals surface area contributed by atoms with Gasteiger partial charge >= 0.3 is 0 Å². The Morgan fingerprint density at radius 2 is 2.32 bits per heavy atom. The topological polar surface area (TPSA) is 41.3 Å². The molecule has 0 spiro atoms. The van der Waals surface area contributed by atoms with Crippen molar-refractivity contribution in [2.24, 2.45) is 5.92 Å². The van der Waals surface area contributed by atoms with Crippen LogP contribution in [0.5, 0.6) is 0 Å². The summed E-state index contributed by atoms with van der Waals surface area (Å²) in [6, 6.07) is 2.69. The summed E-state index contributed by atoms with van der Waals surface area (Å²) >= 11 is 0. The number of aryl methyl sites for hydroxylation is 1. The average Bonchev–Trinajstić information content (AvgIpc) is 2.77. The Morgan fingerprint density at radius 1 is 1.47 bits per heavy atom. The molecule has 1 atom stereocenters. The maximum Gasteiger partial charge on any atom is 0.133 e. The predicted molar refractivity (Wildman–Crippen MR) is 77.0 cm³/mol. The fourth-order valence-corrected chi connectivity index (χ4v) is 2.74. The largest absolute Gasteiger partial charge is 0.361 e. The fourth-order valence-electron chi connectivity index (χ4n) is 2.74. The molecule has 0 amide bonds. The normalized spacial score (nSPS) is 21.2. The summed E-state index contributed by atoms with van der Waals surface area (Å²) in [5, 5.41) is 7.71. The van der Waals surface area contributed by atoms with Gasteiger partial charge in [-0.2, -0.15) is 0 Å². The SMILES string of the molecule is Cc1cc(CN2CCCCC2CNCC(C)C)no1. The molecule has 108 valence electrons. The third-order valence-electron chi connectivity index (χ3n) is 3.72. The number of aromatic nitrogens is 1. The van der Waals surface area contributed by atoms with Gasteiger partial charge in [-0.05, 0) is 38.8 Å². The van der Waals surface area contributed by atoms with E-state index in [1.807, 2.05) is 13.0 Å². The summed E-state index contributed by atoms with van der Waals surface area (Å²) in [6.45, 7) is 10.8. The lowest BCUT2D eigenvalue weighted by molar-refractivity contribution is 0.133. The molecule has 1 aliphatic rings. The summed E-state index contributed by atoms with van der Waals surface area (Å²) in [7, 11) is 0. The molecular weight excluding hydrogens is 238 g/mol. The lowest BCUT2D eigenvalue weighted by atomic mass is 10.0. The molecule has 1 aromatic rings. The minimum absolute atomic E-state index is 0.643. The van der Waals surface area contributed by atoms with Crippen molar-refractivity contribution in [1.29, 1.82) is 0 Å². The van der Waals surface area contributed by atoms with Crippen molar-refractivity contribution in [2.45, 2.75) is 52.6 Å². The smallest absolute Gasteiger partial charge is 0.133 e. The number of nitrogens with one attached hydrogen (secondary N) is 1. The lowest BCUT2D eigenvalue weighted by Gasteiger charge is -2.35. The van der Waals surface area contributed by atoms with Gasteiger partial charge in [0, 0.05) is 25.2 Å². The van der Waals surface area contributed by atoms with E-state index in [1.54, 1.807) is 0 Å². The predicted octanol–water partition coefficient (Wildman–Crippen LogP) is 2.58. The van der Waals surface area contributed by atoms with Crippen LogP contribution in [0, 0.1) is 12.8 Å². The number of likely N-dealkylation sites (tertiary alicyclic amines) is 1. The van der Waals surface area contributed by atoms with Crippen molar-refractivity contribution in [3.63, 3.8) is 0 Å². The van der Waals surface area contributed by atoms with Crippen LogP contribution in [0.3, 0.4) is 0 Å². The maximum absolute atomic E-state index is 5.16. The molecule has 1 fully saturated rings. The van der Waals surface area contributed by atoms with Crippen LogP contribution >= 0.6 is 0 Å². The van der Waals surface area contributed by atoms with Gasteiger partial charge in [0.15, 0.2) is 0 Å². The Bertz CT molecular complexity index is 375. The maximum atomic E-state index is 5.16. The van der Waals surface area contributed by atoms with E-state index in [0.29, 0.717) is 6.04 Å². The van der Waals surface area contributed by atoms with Gasteiger partial charge in [-0.3, -0.25) is 4.90 Å². The molecule has 19 heavy (non-hydrogen) atoms. The van der Waals surface area contributed by atoms with Crippen LogP contribution in [0.15, 0.2) is 10.6 Å². The van der Waals surface area contributed by atoms with Crippen molar-refractivity contribution < 1.29 is 4.52 Å². The first-order chi connectivity index (χ1) is 9.15. The molecule has 0 bridgehead atoms. The first-order valence-electron chi connectivity index (χ1n) is 7.52. The molecule has 2 heterocycles. The van der Waals surface area contributed by atoms with E-state index >= 15 is 0 Å². The highest BCUT2D eigenvalue weighted by Crippen LogP contribution is 2.19. The molecule has 0 saturated carbocycles. The van der Waals surface area contributed by atoms with Crippen molar-refractivity contribution >= 4 is 0 Å². The fraction of sp³-hybridized carbons (Fsp3) is 0.800. The standard InChI is InChI=1S/C15H27N3O/c1-12(2)9-16-10-15-6-4-5-7-18(15)11-14-8-13(3)19-17-14/h8,12,15-16H,4-7,9-11H2,1-3H3. The third-order valence-corrected chi connectivity index (χ3v) is 3.72. The Hall–Kier alpha value is -0.870. The number of nitrogens with zero attached hydrogens (tertiary/aromatic N) is 2. The molecule has 1 saturated heterocycles. The van der Waals surface area contributed by atoms with Crippen LogP contribution in [-0.2, 0) is 6.54 Å². The monoisotopic (exact) mass is 265 g/mol. The number of rotatable bonds is 6. The van der Waals surface area contributed by atoms with Crippen LogP contribution in [0.2, 0.25) is 0 Å². The van der Waals surface area contributed by atoms with Crippen LogP contribution in [-0.4, -0.2) is 35.7 Å². The van der Waals surface area contributed by atoms with E-state index in [0.717, 1.165) is 37.0 Å². The minimum atomic E-state index is 0.643. The second-order valence-corrected chi connectivity index (χ2v) is 6.10. The zero-order valence-corrected chi connectivity index (χ0v) is 12.5. The third kappa shape index (κ3) is 4.62. The van der Waals surface area contributed by atoms with Crippen molar-refractivity contribution in [1.82, 2.24) is 15.4 Å². The molecule has 1 aliphatic heterocycles. The molecule has 0 aliphatic carbocycles. The van der Waals surface area contributed by atoms with Crippen LogP contribution in [0.4, 0.5) is 0 Å². The Morgan fingerprint density at radius 3 is 3.00 bits per heavy atom. The Labute approximate surface area is 116 Å². The van der Waals surface area contributed by atoms with E-state index in [9.17, 15) is 0 Å². The van der Waals surface area contributed by atoms with E-state index in [2.05, 4.69) is 29.2 Å². The van der Waals surface area contributed by atoms with Gasteiger partial charge in [0.05, 0.1) is 5.69 Å². The summed E-state index contributed by atoms with van der Waals surface area (Å²) in [6.07, 6.45) is 3.95. The van der Waals surface area contributed by atoms with Gasteiger partial charge in [-0.25, -0.2) is 0 Å². The zero-order valence-electron chi connectivity index (χ0n) is 12.5. The summed E-state index contributed by atoms with van der Waals surface area (Å²) in [5.74, 6) is 1.62. The second-order valence-electron chi connectivity index (χ2n) is 6.10. The molecular formula is C15H27N3O. The molecule has 1 aromatic heterocycles. The van der Waals surface area contributed by atoms with Gasteiger partial charge < -0.3 is 9.84 Å². The van der Waals surface area contributed by atoms with Gasteiger partial charge in [-0.15, -0.1) is 0 Å². The van der Waals surface area contributed by atoms with Crippen molar-refractivity contribution in [2.75, 3.05) is 19.6 Å². The lowest BCUT2D eigenvalue weighted by Crippen LogP contribution is -2.45. The van der Waals surface area contributed by atoms with E-state index in [1.165, 1.54) is 25.8 Å². The van der Waals surface area contributed by atoms with Crippen LogP contribution in [0.25, 0.3) is 0 Å². The van der Waals surface area contributed by atoms with Crippen molar-refractivity contribution in [3.05, 3.63) is 17.5 Å². The molecule has 0 aromatic carbocycles. The Balaban J connectivity index is 1.84. The molecule has 0 radical (unpaired) electrons.